The Hall–Kier alpha value is -3.03. The molecule has 8 heteroatoms. The van der Waals surface area contributed by atoms with Gasteiger partial charge in [0.05, 0.1) is 13.2 Å². The van der Waals surface area contributed by atoms with E-state index in [1.165, 1.54) is 0 Å². The van der Waals surface area contributed by atoms with E-state index in [2.05, 4.69) is 10.5 Å². The summed E-state index contributed by atoms with van der Waals surface area (Å²) in [4.78, 5) is 27.1. The Kier molecular flexibility index (Phi) is 6.74. The van der Waals surface area contributed by atoms with Gasteiger partial charge in [-0.1, -0.05) is 5.16 Å². The summed E-state index contributed by atoms with van der Waals surface area (Å²) in [6.45, 7) is 7.61. The molecule has 3 rings (SSSR count). The number of nitrogens with one attached hydrogen (secondary N) is 1. The van der Waals surface area contributed by atoms with Gasteiger partial charge in [-0.25, -0.2) is 0 Å². The van der Waals surface area contributed by atoms with Crippen LogP contribution in [0.4, 0.5) is 5.82 Å². The zero-order valence-corrected chi connectivity index (χ0v) is 17.1. The molecule has 0 aliphatic carbocycles. The van der Waals surface area contributed by atoms with Crippen LogP contribution in [0.5, 0.6) is 11.5 Å². The quantitative estimate of drug-likeness (QED) is 0.765. The number of anilines is 1. The Balaban J connectivity index is 1.59. The molecule has 0 radical (unpaired) electrons. The molecule has 0 unspecified atom stereocenters. The summed E-state index contributed by atoms with van der Waals surface area (Å²) >= 11 is 0. The second kappa shape index (κ2) is 9.45. The number of piperidine rings is 1. The lowest BCUT2D eigenvalue weighted by molar-refractivity contribution is -0.121. The summed E-state index contributed by atoms with van der Waals surface area (Å²) < 4.78 is 16.1. The second-order valence-corrected chi connectivity index (χ2v) is 6.91. The minimum absolute atomic E-state index is 0.0695. The largest absolute Gasteiger partial charge is 0.490 e. The Labute approximate surface area is 170 Å². The van der Waals surface area contributed by atoms with E-state index in [0.717, 1.165) is 0 Å². The topological polar surface area (TPSA) is 93.9 Å². The number of nitrogens with zero attached hydrogens (tertiary/aromatic N) is 2. The van der Waals surface area contributed by atoms with E-state index in [1.54, 1.807) is 36.1 Å². The molecule has 2 heterocycles. The number of benzene rings is 1. The number of carbonyl (C=O) groups excluding carboxylic acids is 2. The smallest absolute Gasteiger partial charge is 0.253 e. The predicted octanol–water partition coefficient (Wildman–Crippen LogP) is 3.27. The summed E-state index contributed by atoms with van der Waals surface area (Å²) in [5.41, 5.74) is 0.554. The number of ether oxygens (including phenoxy) is 2. The molecule has 2 aromatic rings. The maximum absolute atomic E-state index is 12.9. The highest BCUT2D eigenvalue weighted by Gasteiger charge is 2.28. The van der Waals surface area contributed by atoms with Crippen molar-refractivity contribution in [2.45, 2.75) is 33.6 Å². The number of aryl methyl sites for hydroxylation is 1. The molecule has 0 bridgehead atoms. The lowest BCUT2D eigenvalue weighted by atomic mass is 9.95. The van der Waals surface area contributed by atoms with Gasteiger partial charge in [0.15, 0.2) is 17.3 Å². The Morgan fingerprint density at radius 3 is 2.45 bits per heavy atom. The van der Waals surface area contributed by atoms with Crippen molar-refractivity contribution in [3.63, 3.8) is 0 Å². The summed E-state index contributed by atoms with van der Waals surface area (Å²) in [6.07, 6.45) is 1.20. The van der Waals surface area contributed by atoms with E-state index in [0.29, 0.717) is 67.8 Å². The van der Waals surface area contributed by atoms with E-state index in [9.17, 15) is 9.59 Å². The minimum atomic E-state index is -0.157. The fourth-order valence-electron chi connectivity index (χ4n) is 3.37. The molecule has 8 nitrogen and oxygen atoms in total. The number of amides is 2. The molecule has 0 saturated carbocycles. The second-order valence-electron chi connectivity index (χ2n) is 6.91. The van der Waals surface area contributed by atoms with Crippen LogP contribution in [0.25, 0.3) is 0 Å². The van der Waals surface area contributed by atoms with Crippen LogP contribution < -0.4 is 14.8 Å². The van der Waals surface area contributed by atoms with Gasteiger partial charge in [0.25, 0.3) is 5.91 Å². The summed E-state index contributed by atoms with van der Waals surface area (Å²) in [6, 6.07) is 6.92. The first-order valence-corrected chi connectivity index (χ1v) is 9.94. The SMILES string of the molecule is CCOc1ccc(C(=O)N2CCC(C(=O)Nc3cc(C)on3)CC2)cc1OCC. The number of likely N-dealkylation sites (tertiary alicyclic amines) is 1. The van der Waals surface area contributed by atoms with E-state index in [1.807, 2.05) is 13.8 Å². The molecule has 1 aliphatic heterocycles. The average Bonchev–Trinajstić information content (AvgIpc) is 3.13. The lowest BCUT2D eigenvalue weighted by Crippen LogP contribution is -2.41. The molecule has 1 saturated heterocycles. The fraction of sp³-hybridized carbons (Fsp3) is 0.476. The van der Waals surface area contributed by atoms with Crippen LogP contribution in [0.1, 0.15) is 42.8 Å². The van der Waals surface area contributed by atoms with E-state index in [-0.39, 0.29) is 17.7 Å². The standard InChI is InChI=1S/C21H27N3O5/c1-4-27-17-7-6-16(13-18(17)28-5-2)21(26)24-10-8-15(9-11-24)20(25)22-19-12-14(3)29-23-19/h6-7,12-13,15H,4-5,8-11H2,1-3H3,(H,22,23,25). The van der Waals surface area contributed by atoms with E-state index < -0.39 is 0 Å². The molecule has 2 amide bonds. The number of hydrogen-bond acceptors (Lipinski definition) is 6. The number of hydrogen-bond donors (Lipinski definition) is 1. The lowest BCUT2D eigenvalue weighted by Gasteiger charge is -2.31. The van der Waals surface area contributed by atoms with E-state index >= 15 is 0 Å². The van der Waals surface area contributed by atoms with Gasteiger partial charge in [-0.2, -0.15) is 0 Å². The number of rotatable bonds is 7. The Bertz CT molecular complexity index is 856. The summed E-state index contributed by atoms with van der Waals surface area (Å²) in [5, 5.41) is 6.55. The van der Waals surface area contributed by atoms with Crippen molar-refractivity contribution in [1.82, 2.24) is 10.1 Å². The first-order valence-electron chi connectivity index (χ1n) is 9.94. The highest BCUT2D eigenvalue weighted by Crippen LogP contribution is 2.30. The van der Waals surface area contributed by atoms with Crippen molar-refractivity contribution in [2.24, 2.45) is 5.92 Å². The molecule has 1 fully saturated rings. The third-order valence-corrected chi connectivity index (χ3v) is 4.82. The van der Waals surface area contributed by atoms with Crippen LogP contribution in [-0.2, 0) is 4.79 Å². The highest BCUT2D eigenvalue weighted by molar-refractivity contribution is 5.95. The van der Waals surface area contributed by atoms with Crippen molar-refractivity contribution in [1.29, 1.82) is 0 Å². The van der Waals surface area contributed by atoms with Gasteiger partial charge in [-0.05, 0) is 51.8 Å². The zero-order chi connectivity index (χ0) is 20.8. The normalized spacial score (nSPS) is 14.5. The predicted molar refractivity (Wildman–Crippen MR) is 107 cm³/mol. The van der Waals surface area contributed by atoms with Crippen LogP contribution in [0.2, 0.25) is 0 Å². The molecule has 1 aliphatic rings. The molecule has 29 heavy (non-hydrogen) atoms. The number of aromatic nitrogens is 1. The first kappa shape index (κ1) is 20.7. The third kappa shape index (κ3) is 5.07. The number of carbonyl (C=O) groups is 2. The maximum Gasteiger partial charge on any atom is 0.253 e. The zero-order valence-electron chi connectivity index (χ0n) is 17.1. The average molecular weight is 401 g/mol. The molecule has 1 N–H and O–H groups in total. The third-order valence-electron chi connectivity index (χ3n) is 4.82. The molecule has 156 valence electrons. The van der Waals surface area contributed by atoms with Crippen LogP contribution in [0.3, 0.4) is 0 Å². The fourth-order valence-corrected chi connectivity index (χ4v) is 3.37. The van der Waals surface area contributed by atoms with Crippen LogP contribution in [-0.4, -0.2) is 48.2 Å². The maximum atomic E-state index is 12.9. The Morgan fingerprint density at radius 2 is 1.83 bits per heavy atom. The van der Waals surface area contributed by atoms with Gasteiger partial charge in [0.2, 0.25) is 5.91 Å². The van der Waals surface area contributed by atoms with Crippen molar-refractivity contribution in [3.8, 4) is 11.5 Å². The minimum Gasteiger partial charge on any atom is -0.490 e. The molecule has 1 aromatic heterocycles. The van der Waals surface area contributed by atoms with Crippen molar-refractivity contribution in [2.75, 3.05) is 31.6 Å². The highest BCUT2D eigenvalue weighted by atomic mass is 16.5. The molecule has 1 aromatic carbocycles. The van der Waals surface area contributed by atoms with Crippen molar-refractivity contribution in [3.05, 3.63) is 35.6 Å². The molecule has 0 atom stereocenters. The van der Waals surface area contributed by atoms with Crippen LogP contribution in [0, 0.1) is 12.8 Å². The van der Waals surface area contributed by atoms with Gasteiger partial charge in [0.1, 0.15) is 5.76 Å². The van der Waals surface area contributed by atoms with Gasteiger partial charge in [-0.15, -0.1) is 0 Å². The molecular formula is C21H27N3O5. The Morgan fingerprint density at radius 1 is 1.14 bits per heavy atom. The van der Waals surface area contributed by atoms with Gasteiger partial charge in [-0.3, -0.25) is 9.59 Å². The van der Waals surface area contributed by atoms with Crippen LogP contribution >= 0.6 is 0 Å². The first-order chi connectivity index (χ1) is 14.0. The summed E-state index contributed by atoms with van der Waals surface area (Å²) in [7, 11) is 0. The van der Waals surface area contributed by atoms with Gasteiger partial charge >= 0.3 is 0 Å². The van der Waals surface area contributed by atoms with Crippen LogP contribution in [0.15, 0.2) is 28.8 Å². The molecule has 0 spiro atoms. The van der Waals surface area contributed by atoms with E-state index in [4.69, 9.17) is 14.0 Å². The van der Waals surface area contributed by atoms with Gasteiger partial charge in [0, 0.05) is 30.6 Å². The van der Waals surface area contributed by atoms with Crippen molar-refractivity contribution >= 4 is 17.6 Å². The molecular weight excluding hydrogens is 374 g/mol. The van der Waals surface area contributed by atoms with Gasteiger partial charge < -0.3 is 24.2 Å². The van der Waals surface area contributed by atoms with Crippen molar-refractivity contribution < 1.29 is 23.6 Å². The monoisotopic (exact) mass is 401 g/mol. The summed E-state index contributed by atoms with van der Waals surface area (Å²) in [5.74, 6) is 1.94.